The molecule has 0 amide bonds. The Hall–Kier alpha value is -1.76. The first-order valence-corrected chi connectivity index (χ1v) is 4.58. The minimum absolute atomic E-state index is 0.758. The molecule has 0 aliphatic heterocycles. The van der Waals surface area contributed by atoms with E-state index >= 15 is 0 Å². The fraction of sp³-hybridized carbons (Fsp3) is 0.0769. The SMILES string of the molecule is C=C/C=C\C(=C)CNc1ccccc1. The Labute approximate surface area is 85.5 Å². The molecule has 0 atom stereocenters. The second-order valence-electron chi connectivity index (χ2n) is 2.97. The van der Waals surface area contributed by atoms with E-state index in [2.05, 4.69) is 18.5 Å². The molecule has 14 heavy (non-hydrogen) atoms. The summed E-state index contributed by atoms with van der Waals surface area (Å²) >= 11 is 0. The summed E-state index contributed by atoms with van der Waals surface area (Å²) in [6, 6.07) is 10.1. The molecule has 1 aromatic rings. The summed E-state index contributed by atoms with van der Waals surface area (Å²) in [6.45, 7) is 8.27. The van der Waals surface area contributed by atoms with Gasteiger partial charge in [-0.15, -0.1) is 0 Å². The van der Waals surface area contributed by atoms with Crippen LogP contribution < -0.4 is 5.32 Å². The number of nitrogens with one attached hydrogen (secondary N) is 1. The molecule has 0 aromatic heterocycles. The Morgan fingerprint density at radius 1 is 1.29 bits per heavy atom. The molecule has 0 saturated carbocycles. The standard InChI is InChI=1S/C13H15N/c1-3-4-8-12(2)11-14-13-9-6-5-7-10-13/h3-10,14H,1-2,11H2/b8-4-. The third-order valence-electron chi connectivity index (χ3n) is 1.76. The van der Waals surface area contributed by atoms with Gasteiger partial charge in [-0.3, -0.25) is 0 Å². The fourth-order valence-corrected chi connectivity index (χ4v) is 1.03. The van der Waals surface area contributed by atoms with Gasteiger partial charge in [0.1, 0.15) is 0 Å². The van der Waals surface area contributed by atoms with Gasteiger partial charge >= 0.3 is 0 Å². The van der Waals surface area contributed by atoms with Crippen LogP contribution in [-0.4, -0.2) is 6.54 Å². The first kappa shape index (κ1) is 10.3. The molecule has 0 spiro atoms. The van der Waals surface area contributed by atoms with Crippen molar-refractivity contribution in [3.8, 4) is 0 Å². The van der Waals surface area contributed by atoms with Crippen molar-refractivity contribution in [2.45, 2.75) is 0 Å². The molecule has 0 aliphatic carbocycles. The van der Waals surface area contributed by atoms with E-state index in [1.165, 1.54) is 0 Å². The average Bonchev–Trinajstić information content (AvgIpc) is 2.25. The summed E-state index contributed by atoms with van der Waals surface area (Å²) < 4.78 is 0. The molecular weight excluding hydrogens is 170 g/mol. The topological polar surface area (TPSA) is 12.0 Å². The Morgan fingerprint density at radius 2 is 2.00 bits per heavy atom. The average molecular weight is 185 g/mol. The quantitative estimate of drug-likeness (QED) is 0.693. The number of hydrogen-bond donors (Lipinski definition) is 1. The minimum Gasteiger partial charge on any atom is -0.381 e. The van der Waals surface area contributed by atoms with Crippen molar-refractivity contribution < 1.29 is 0 Å². The van der Waals surface area contributed by atoms with Crippen LogP contribution in [0.4, 0.5) is 5.69 Å². The number of benzene rings is 1. The highest BCUT2D eigenvalue weighted by Crippen LogP contribution is 2.05. The van der Waals surface area contributed by atoms with Gasteiger partial charge in [0.25, 0.3) is 0 Å². The molecule has 1 aromatic carbocycles. The minimum atomic E-state index is 0.758. The Bertz CT molecular complexity index is 322. The van der Waals surface area contributed by atoms with Crippen LogP contribution in [0.15, 0.2) is 67.3 Å². The molecule has 1 heteroatoms. The zero-order valence-electron chi connectivity index (χ0n) is 8.24. The van der Waals surface area contributed by atoms with Crippen LogP contribution in [0, 0.1) is 0 Å². The number of allylic oxidation sites excluding steroid dienone is 2. The molecule has 0 heterocycles. The Balaban J connectivity index is 2.38. The van der Waals surface area contributed by atoms with E-state index in [1.54, 1.807) is 6.08 Å². The van der Waals surface area contributed by atoms with E-state index in [4.69, 9.17) is 0 Å². The molecule has 0 unspecified atom stereocenters. The van der Waals surface area contributed by atoms with E-state index < -0.39 is 0 Å². The van der Waals surface area contributed by atoms with Crippen LogP contribution >= 0.6 is 0 Å². The first-order chi connectivity index (χ1) is 6.83. The zero-order chi connectivity index (χ0) is 10.2. The lowest BCUT2D eigenvalue weighted by Crippen LogP contribution is -2.01. The summed E-state index contributed by atoms with van der Waals surface area (Å²) in [4.78, 5) is 0. The largest absolute Gasteiger partial charge is 0.381 e. The van der Waals surface area contributed by atoms with Crippen molar-refractivity contribution in [1.29, 1.82) is 0 Å². The monoisotopic (exact) mass is 185 g/mol. The van der Waals surface area contributed by atoms with Gasteiger partial charge in [0.15, 0.2) is 0 Å². The zero-order valence-corrected chi connectivity index (χ0v) is 8.24. The lowest BCUT2D eigenvalue weighted by atomic mass is 10.2. The lowest BCUT2D eigenvalue weighted by Gasteiger charge is -2.05. The van der Waals surface area contributed by atoms with Crippen LogP contribution in [-0.2, 0) is 0 Å². The van der Waals surface area contributed by atoms with Crippen molar-refractivity contribution in [2.75, 3.05) is 11.9 Å². The maximum Gasteiger partial charge on any atom is 0.0394 e. The third-order valence-corrected chi connectivity index (χ3v) is 1.76. The van der Waals surface area contributed by atoms with Gasteiger partial charge in [-0.25, -0.2) is 0 Å². The van der Waals surface area contributed by atoms with Gasteiger partial charge in [0.05, 0.1) is 0 Å². The molecule has 72 valence electrons. The molecule has 1 N–H and O–H groups in total. The molecule has 0 bridgehead atoms. The molecule has 0 aliphatic rings. The van der Waals surface area contributed by atoms with Gasteiger partial charge in [-0.05, 0) is 17.7 Å². The van der Waals surface area contributed by atoms with Crippen molar-refractivity contribution in [3.63, 3.8) is 0 Å². The maximum absolute atomic E-state index is 3.91. The van der Waals surface area contributed by atoms with Crippen molar-refractivity contribution in [1.82, 2.24) is 0 Å². The maximum atomic E-state index is 3.91. The van der Waals surface area contributed by atoms with Crippen molar-refractivity contribution >= 4 is 5.69 Å². The fourth-order valence-electron chi connectivity index (χ4n) is 1.03. The van der Waals surface area contributed by atoms with Crippen molar-refractivity contribution in [3.05, 3.63) is 67.3 Å². The van der Waals surface area contributed by atoms with E-state index in [1.807, 2.05) is 42.5 Å². The van der Waals surface area contributed by atoms with Crippen molar-refractivity contribution in [2.24, 2.45) is 0 Å². The second kappa shape index (κ2) is 5.81. The summed E-state index contributed by atoms with van der Waals surface area (Å²) in [5.74, 6) is 0. The van der Waals surface area contributed by atoms with Crippen LogP contribution in [0.2, 0.25) is 0 Å². The summed E-state index contributed by atoms with van der Waals surface area (Å²) in [7, 11) is 0. The molecule has 1 rings (SSSR count). The molecule has 0 radical (unpaired) electrons. The second-order valence-corrected chi connectivity index (χ2v) is 2.97. The van der Waals surface area contributed by atoms with E-state index in [9.17, 15) is 0 Å². The van der Waals surface area contributed by atoms with Gasteiger partial charge in [0, 0.05) is 12.2 Å². The molecule has 1 nitrogen and oxygen atoms in total. The summed E-state index contributed by atoms with van der Waals surface area (Å²) in [5.41, 5.74) is 2.15. The van der Waals surface area contributed by atoms with Crippen LogP contribution in [0.25, 0.3) is 0 Å². The lowest BCUT2D eigenvalue weighted by molar-refractivity contribution is 1.27. The van der Waals surface area contributed by atoms with Gasteiger partial charge < -0.3 is 5.32 Å². The summed E-state index contributed by atoms with van der Waals surface area (Å²) in [5, 5.41) is 3.27. The number of hydrogen-bond acceptors (Lipinski definition) is 1. The van der Waals surface area contributed by atoms with Crippen LogP contribution in [0.3, 0.4) is 0 Å². The number of anilines is 1. The van der Waals surface area contributed by atoms with E-state index in [0.29, 0.717) is 0 Å². The van der Waals surface area contributed by atoms with Crippen LogP contribution in [0.1, 0.15) is 0 Å². The number of rotatable bonds is 5. The summed E-state index contributed by atoms with van der Waals surface area (Å²) in [6.07, 6.45) is 5.58. The number of para-hydroxylation sites is 1. The normalized spacial score (nSPS) is 10.0. The third kappa shape index (κ3) is 3.76. The van der Waals surface area contributed by atoms with E-state index in [0.717, 1.165) is 17.8 Å². The molecule has 0 fully saturated rings. The highest BCUT2D eigenvalue weighted by molar-refractivity contribution is 5.44. The highest BCUT2D eigenvalue weighted by Gasteiger charge is 1.89. The molecular formula is C13H15N. The predicted octanol–water partition coefficient (Wildman–Crippen LogP) is 3.40. The molecule has 0 saturated heterocycles. The smallest absolute Gasteiger partial charge is 0.0394 e. The highest BCUT2D eigenvalue weighted by atomic mass is 14.9. The Kier molecular flexibility index (Phi) is 4.29. The van der Waals surface area contributed by atoms with Crippen LogP contribution in [0.5, 0.6) is 0 Å². The Morgan fingerprint density at radius 3 is 2.64 bits per heavy atom. The van der Waals surface area contributed by atoms with Gasteiger partial charge in [-0.2, -0.15) is 0 Å². The van der Waals surface area contributed by atoms with E-state index in [-0.39, 0.29) is 0 Å². The van der Waals surface area contributed by atoms with Gasteiger partial charge in [0.2, 0.25) is 0 Å². The van der Waals surface area contributed by atoms with Gasteiger partial charge in [-0.1, -0.05) is 49.6 Å². The predicted molar refractivity (Wildman–Crippen MR) is 63.4 cm³/mol. The first-order valence-electron chi connectivity index (χ1n) is 4.58.